The molecule has 18 heavy (non-hydrogen) atoms. The molecular formula is C15H28BrNO. The number of unbranched alkanes of at least 4 members (excludes halogenated alkanes) is 5. The standard InChI is InChI=1S/C15H28BrNO/c1-3-4-5-6-7-8-9-15(18)17(2)12-13-10-14(16)11-13/h13-14H,3-12H2,1-2H3. The first-order valence-corrected chi connectivity index (χ1v) is 8.43. The van der Waals surface area contributed by atoms with Crippen LogP contribution in [0.3, 0.4) is 0 Å². The molecule has 3 heteroatoms. The number of hydrogen-bond acceptors (Lipinski definition) is 1. The average Bonchev–Trinajstić information content (AvgIpc) is 2.31. The Morgan fingerprint density at radius 3 is 2.39 bits per heavy atom. The first-order chi connectivity index (χ1) is 8.63. The van der Waals surface area contributed by atoms with Gasteiger partial charge in [0.25, 0.3) is 0 Å². The van der Waals surface area contributed by atoms with Crippen LogP contribution in [-0.4, -0.2) is 29.2 Å². The maximum Gasteiger partial charge on any atom is 0.222 e. The van der Waals surface area contributed by atoms with E-state index in [0.717, 1.165) is 25.3 Å². The Balaban J connectivity index is 1.98. The summed E-state index contributed by atoms with van der Waals surface area (Å²) in [7, 11) is 1.96. The lowest BCUT2D eigenvalue weighted by atomic mass is 9.85. The monoisotopic (exact) mass is 317 g/mol. The van der Waals surface area contributed by atoms with Gasteiger partial charge < -0.3 is 4.90 Å². The van der Waals surface area contributed by atoms with Gasteiger partial charge in [0, 0.05) is 24.8 Å². The van der Waals surface area contributed by atoms with Crippen LogP contribution in [0.5, 0.6) is 0 Å². The molecule has 0 aromatic rings. The fourth-order valence-electron chi connectivity index (χ4n) is 2.54. The van der Waals surface area contributed by atoms with Gasteiger partial charge in [0.05, 0.1) is 0 Å². The van der Waals surface area contributed by atoms with Crippen molar-refractivity contribution >= 4 is 21.8 Å². The SMILES string of the molecule is CCCCCCCCC(=O)N(C)CC1CC(Br)C1. The Hall–Kier alpha value is -0.0500. The number of amides is 1. The van der Waals surface area contributed by atoms with Crippen molar-refractivity contribution in [2.75, 3.05) is 13.6 Å². The minimum Gasteiger partial charge on any atom is -0.345 e. The molecule has 2 nitrogen and oxygen atoms in total. The van der Waals surface area contributed by atoms with E-state index in [-0.39, 0.29) is 0 Å². The molecule has 0 aliphatic heterocycles. The third kappa shape index (κ3) is 6.21. The summed E-state index contributed by atoms with van der Waals surface area (Å²) in [6.45, 7) is 3.19. The molecule has 0 spiro atoms. The van der Waals surface area contributed by atoms with Crippen molar-refractivity contribution in [1.82, 2.24) is 4.90 Å². The van der Waals surface area contributed by atoms with Gasteiger partial charge in [-0.2, -0.15) is 0 Å². The molecule has 1 amide bonds. The van der Waals surface area contributed by atoms with Crippen LogP contribution in [0.1, 0.15) is 64.7 Å². The lowest BCUT2D eigenvalue weighted by Crippen LogP contribution is -2.37. The van der Waals surface area contributed by atoms with E-state index < -0.39 is 0 Å². The molecule has 1 fully saturated rings. The molecule has 0 unspecified atom stereocenters. The quantitative estimate of drug-likeness (QED) is 0.457. The molecule has 0 saturated heterocycles. The fourth-order valence-corrected chi connectivity index (χ4v) is 3.60. The number of rotatable bonds is 9. The largest absolute Gasteiger partial charge is 0.345 e. The van der Waals surface area contributed by atoms with Crippen molar-refractivity contribution in [3.63, 3.8) is 0 Å². The zero-order chi connectivity index (χ0) is 13.4. The molecular weight excluding hydrogens is 290 g/mol. The average molecular weight is 318 g/mol. The third-order valence-electron chi connectivity index (χ3n) is 3.88. The molecule has 1 aliphatic carbocycles. The van der Waals surface area contributed by atoms with Gasteiger partial charge in [0.15, 0.2) is 0 Å². The van der Waals surface area contributed by atoms with Crippen LogP contribution >= 0.6 is 15.9 Å². The summed E-state index contributed by atoms with van der Waals surface area (Å²) in [5.41, 5.74) is 0. The van der Waals surface area contributed by atoms with E-state index >= 15 is 0 Å². The summed E-state index contributed by atoms with van der Waals surface area (Å²) in [5, 5.41) is 0. The zero-order valence-electron chi connectivity index (χ0n) is 12.0. The Labute approximate surface area is 121 Å². The number of hydrogen-bond donors (Lipinski definition) is 0. The van der Waals surface area contributed by atoms with Crippen LogP contribution < -0.4 is 0 Å². The first kappa shape index (κ1) is 16.0. The molecule has 1 rings (SSSR count). The molecule has 1 saturated carbocycles. The van der Waals surface area contributed by atoms with Crippen molar-refractivity contribution in [3.8, 4) is 0 Å². The number of carbonyl (C=O) groups excluding carboxylic acids is 1. The van der Waals surface area contributed by atoms with Gasteiger partial charge in [-0.15, -0.1) is 0 Å². The van der Waals surface area contributed by atoms with Crippen LogP contribution in [-0.2, 0) is 4.79 Å². The van der Waals surface area contributed by atoms with E-state index in [4.69, 9.17) is 0 Å². The smallest absolute Gasteiger partial charge is 0.222 e. The van der Waals surface area contributed by atoms with Crippen molar-refractivity contribution in [2.45, 2.75) is 69.5 Å². The van der Waals surface area contributed by atoms with E-state index in [1.165, 1.54) is 44.9 Å². The molecule has 0 bridgehead atoms. The van der Waals surface area contributed by atoms with E-state index in [2.05, 4.69) is 22.9 Å². The minimum atomic E-state index is 0.337. The van der Waals surface area contributed by atoms with Crippen LogP contribution in [0.4, 0.5) is 0 Å². The van der Waals surface area contributed by atoms with Gasteiger partial charge in [0.1, 0.15) is 0 Å². The van der Waals surface area contributed by atoms with Crippen molar-refractivity contribution < 1.29 is 4.79 Å². The molecule has 0 N–H and O–H groups in total. The second kappa shape index (κ2) is 8.95. The Bertz CT molecular complexity index is 239. The second-order valence-electron chi connectivity index (χ2n) is 5.73. The van der Waals surface area contributed by atoms with Gasteiger partial charge in [-0.3, -0.25) is 4.79 Å². The molecule has 0 aromatic heterocycles. The Kier molecular flexibility index (Phi) is 7.96. The zero-order valence-corrected chi connectivity index (χ0v) is 13.5. The number of halogens is 1. The van der Waals surface area contributed by atoms with E-state index in [0.29, 0.717) is 10.7 Å². The molecule has 0 atom stereocenters. The van der Waals surface area contributed by atoms with Crippen molar-refractivity contribution in [2.24, 2.45) is 5.92 Å². The summed E-state index contributed by atoms with van der Waals surface area (Å²) in [5.74, 6) is 1.07. The van der Waals surface area contributed by atoms with Gasteiger partial charge >= 0.3 is 0 Å². The van der Waals surface area contributed by atoms with Gasteiger partial charge in [-0.1, -0.05) is 55.0 Å². The highest BCUT2D eigenvalue weighted by molar-refractivity contribution is 9.09. The Morgan fingerprint density at radius 1 is 1.17 bits per heavy atom. The first-order valence-electron chi connectivity index (χ1n) is 7.51. The van der Waals surface area contributed by atoms with Crippen molar-refractivity contribution in [1.29, 1.82) is 0 Å². The predicted octanol–water partition coefficient (Wildman–Crippen LogP) is 4.37. The molecule has 0 aromatic carbocycles. The highest BCUT2D eigenvalue weighted by atomic mass is 79.9. The third-order valence-corrected chi connectivity index (χ3v) is 4.63. The maximum absolute atomic E-state index is 11.9. The topological polar surface area (TPSA) is 20.3 Å². The highest BCUT2D eigenvalue weighted by Gasteiger charge is 2.28. The summed E-state index contributed by atoms with van der Waals surface area (Å²) >= 11 is 3.60. The predicted molar refractivity (Wildman–Crippen MR) is 81.1 cm³/mol. The normalized spacial score (nSPS) is 22.6. The van der Waals surface area contributed by atoms with Crippen molar-refractivity contribution in [3.05, 3.63) is 0 Å². The van der Waals surface area contributed by atoms with Crippen LogP contribution in [0.25, 0.3) is 0 Å². The summed E-state index contributed by atoms with van der Waals surface area (Å²) in [4.78, 5) is 14.5. The van der Waals surface area contributed by atoms with Gasteiger partial charge in [-0.05, 0) is 25.2 Å². The van der Waals surface area contributed by atoms with Gasteiger partial charge in [0.2, 0.25) is 5.91 Å². The highest BCUT2D eigenvalue weighted by Crippen LogP contribution is 2.33. The molecule has 0 radical (unpaired) electrons. The fraction of sp³-hybridized carbons (Fsp3) is 0.933. The van der Waals surface area contributed by atoms with Crippen LogP contribution in [0.2, 0.25) is 0 Å². The van der Waals surface area contributed by atoms with E-state index in [1.807, 2.05) is 11.9 Å². The molecule has 1 aliphatic rings. The summed E-state index contributed by atoms with van der Waals surface area (Å²) in [6.07, 6.45) is 10.7. The summed E-state index contributed by atoms with van der Waals surface area (Å²) < 4.78 is 0. The number of nitrogens with zero attached hydrogens (tertiary/aromatic N) is 1. The molecule has 0 heterocycles. The van der Waals surface area contributed by atoms with E-state index in [9.17, 15) is 4.79 Å². The van der Waals surface area contributed by atoms with Crippen LogP contribution in [0.15, 0.2) is 0 Å². The summed E-state index contributed by atoms with van der Waals surface area (Å²) in [6, 6.07) is 0. The second-order valence-corrected chi connectivity index (χ2v) is 7.02. The lowest BCUT2D eigenvalue weighted by Gasteiger charge is -2.34. The number of carbonyl (C=O) groups is 1. The minimum absolute atomic E-state index is 0.337. The maximum atomic E-state index is 11.9. The van der Waals surface area contributed by atoms with Gasteiger partial charge in [-0.25, -0.2) is 0 Å². The lowest BCUT2D eigenvalue weighted by molar-refractivity contribution is -0.130. The molecule has 106 valence electrons. The van der Waals surface area contributed by atoms with E-state index in [1.54, 1.807) is 0 Å². The van der Waals surface area contributed by atoms with Crippen LogP contribution in [0, 0.1) is 5.92 Å². The number of alkyl halides is 1. The Morgan fingerprint density at radius 2 is 1.78 bits per heavy atom.